The Morgan fingerprint density at radius 1 is 1.37 bits per heavy atom. The number of methoxy groups -OCH3 is 1. The first-order valence-electron chi connectivity index (χ1n) is 6.59. The summed E-state index contributed by atoms with van der Waals surface area (Å²) in [7, 11) is 1.61. The summed E-state index contributed by atoms with van der Waals surface area (Å²) in [5.41, 5.74) is 0.697. The molecule has 0 aliphatic carbocycles. The molecule has 0 aromatic heterocycles. The highest BCUT2D eigenvalue weighted by Crippen LogP contribution is 2.15. The molecular formula is C14H20N2O3. The SMILES string of the molecule is COc1ccc(NC(=O)OCC2CCCCN2)cc1. The van der Waals surface area contributed by atoms with Gasteiger partial charge in [-0.15, -0.1) is 0 Å². The normalized spacial score (nSPS) is 18.7. The average Bonchev–Trinajstić information content (AvgIpc) is 2.47. The lowest BCUT2D eigenvalue weighted by molar-refractivity contribution is 0.141. The maximum atomic E-state index is 11.6. The molecule has 0 spiro atoms. The van der Waals surface area contributed by atoms with Crippen molar-refractivity contribution in [3.63, 3.8) is 0 Å². The highest BCUT2D eigenvalue weighted by molar-refractivity contribution is 5.84. The van der Waals surface area contributed by atoms with Crippen LogP contribution in [0.5, 0.6) is 5.75 Å². The second-order valence-corrected chi connectivity index (χ2v) is 4.60. The molecule has 1 amide bonds. The van der Waals surface area contributed by atoms with Gasteiger partial charge >= 0.3 is 6.09 Å². The van der Waals surface area contributed by atoms with E-state index in [0.717, 1.165) is 18.7 Å². The van der Waals surface area contributed by atoms with E-state index >= 15 is 0 Å². The fourth-order valence-electron chi connectivity index (χ4n) is 2.07. The van der Waals surface area contributed by atoms with Crippen molar-refractivity contribution in [3.8, 4) is 5.75 Å². The van der Waals surface area contributed by atoms with Crippen LogP contribution in [-0.2, 0) is 4.74 Å². The quantitative estimate of drug-likeness (QED) is 0.876. The molecule has 2 N–H and O–H groups in total. The summed E-state index contributed by atoms with van der Waals surface area (Å²) in [6, 6.07) is 7.42. The minimum atomic E-state index is -0.419. The summed E-state index contributed by atoms with van der Waals surface area (Å²) >= 11 is 0. The maximum absolute atomic E-state index is 11.6. The van der Waals surface area contributed by atoms with Crippen molar-refractivity contribution in [1.29, 1.82) is 0 Å². The van der Waals surface area contributed by atoms with Gasteiger partial charge in [0, 0.05) is 11.7 Å². The third kappa shape index (κ3) is 4.44. The number of hydrogen-bond acceptors (Lipinski definition) is 4. The van der Waals surface area contributed by atoms with Gasteiger partial charge in [0.25, 0.3) is 0 Å². The first kappa shape index (κ1) is 13.7. The van der Waals surface area contributed by atoms with Gasteiger partial charge < -0.3 is 14.8 Å². The first-order valence-corrected chi connectivity index (χ1v) is 6.59. The third-order valence-electron chi connectivity index (χ3n) is 3.16. The molecule has 1 aliphatic rings. The smallest absolute Gasteiger partial charge is 0.411 e. The van der Waals surface area contributed by atoms with Crippen LogP contribution in [0.25, 0.3) is 0 Å². The van der Waals surface area contributed by atoms with E-state index in [1.165, 1.54) is 12.8 Å². The molecule has 19 heavy (non-hydrogen) atoms. The lowest BCUT2D eigenvalue weighted by Crippen LogP contribution is -2.38. The molecular weight excluding hydrogens is 244 g/mol. The molecule has 5 nitrogen and oxygen atoms in total. The minimum absolute atomic E-state index is 0.287. The summed E-state index contributed by atoms with van der Waals surface area (Å²) in [6.07, 6.45) is 3.04. The minimum Gasteiger partial charge on any atom is -0.497 e. The van der Waals surface area contributed by atoms with Gasteiger partial charge in [0.2, 0.25) is 0 Å². The Morgan fingerprint density at radius 2 is 2.16 bits per heavy atom. The molecule has 1 aromatic carbocycles. The molecule has 1 fully saturated rings. The molecule has 5 heteroatoms. The highest BCUT2D eigenvalue weighted by atomic mass is 16.5. The van der Waals surface area contributed by atoms with E-state index in [2.05, 4.69) is 10.6 Å². The van der Waals surface area contributed by atoms with Crippen LogP contribution in [0.4, 0.5) is 10.5 Å². The molecule has 1 saturated heterocycles. The Morgan fingerprint density at radius 3 is 2.79 bits per heavy atom. The Labute approximate surface area is 113 Å². The number of benzene rings is 1. The van der Waals surface area contributed by atoms with E-state index in [1.807, 2.05) is 0 Å². The summed E-state index contributed by atoms with van der Waals surface area (Å²) in [5.74, 6) is 0.755. The predicted molar refractivity (Wildman–Crippen MR) is 73.6 cm³/mol. The first-order chi connectivity index (χ1) is 9.28. The summed E-state index contributed by atoms with van der Waals surface area (Å²) < 4.78 is 10.2. The Balaban J connectivity index is 1.73. The van der Waals surface area contributed by atoms with Crippen LogP contribution < -0.4 is 15.4 Å². The van der Waals surface area contributed by atoms with Crippen LogP contribution in [0.15, 0.2) is 24.3 Å². The van der Waals surface area contributed by atoms with Crippen molar-refractivity contribution in [2.24, 2.45) is 0 Å². The van der Waals surface area contributed by atoms with Crippen LogP contribution in [0.1, 0.15) is 19.3 Å². The molecule has 2 rings (SSSR count). The van der Waals surface area contributed by atoms with Gasteiger partial charge in [-0.25, -0.2) is 4.79 Å². The van der Waals surface area contributed by atoms with Gasteiger partial charge in [-0.2, -0.15) is 0 Å². The second-order valence-electron chi connectivity index (χ2n) is 4.60. The highest BCUT2D eigenvalue weighted by Gasteiger charge is 2.14. The molecule has 0 saturated carbocycles. The summed E-state index contributed by atoms with van der Waals surface area (Å²) in [4.78, 5) is 11.6. The number of hydrogen-bond donors (Lipinski definition) is 2. The number of anilines is 1. The second kappa shape index (κ2) is 6.99. The van der Waals surface area contributed by atoms with E-state index < -0.39 is 6.09 Å². The lowest BCUT2D eigenvalue weighted by atomic mass is 10.1. The maximum Gasteiger partial charge on any atom is 0.411 e. The van der Waals surface area contributed by atoms with Crippen LogP contribution >= 0.6 is 0 Å². The van der Waals surface area contributed by atoms with E-state index in [0.29, 0.717) is 12.3 Å². The van der Waals surface area contributed by atoms with E-state index in [9.17, 15) is 4.79 Å². The molecule has 0 bridgehead atoms. The Hall–Kier alpha value is -1.75. The zero-order chi connectivity index (χ0) is 13.5. The van der Waals surface area contributed by atoms with Crippen molar-refractivity contribution in [3.05, 3.63) is 24.3 Å². The number of nitrogens with one attached hydrogen (secondary N) is 2. The fraction of sp³-hybridized carbons (Fsp3) is 0.500. The fourth-order valence-corrected chi connectivity index (χ4v) is 2.07. The van der Waals surface area contributed by atoms with Crippen molar-refractivity contribution < 1.29 is 14.3 Å². The van der Waals surface area contributed by atoms with Crippen molar-refractivity contribution in [2.45, 2.75) is 25.3 Å². The van der Waals surface area contributed by atoms with Crippen molar-refractivity contribution >= 4 is 11.8 Å². The zero-order valence-corrected chi connectivity index (χ0v) is 11.1. The van der Waals surface area contributed by atoms with E-state index in [1.54, 1.807) is 31.4 Å². The van der Waals surface area contributed by atoms with Gasteiger partial charge in [0.05, 0.1) is 7.11 Å². The number of carbonyl (C=O) groups is 1. The van der Waals surface area contributed by atoms with Gasteiger partial charge in [0.1, 0.15) is 12.4 Å². The monoisotopic (exact) mass is 264 g/mol. The van der Waals surface area contributed by atoms with Crippen molar-refractivity contribution in [1.82, 2.24) is 5.32 Å². The van der Waals surface area contributed by atoms with Gasteiger partial charge in [0.15, 0.2) is 0 Å². The van der Waals surface area contributed by atoms with Crippen LogP contribution in [0.2, 0.25) is 0 Å². The van der Waals surface area contributed by atoms with Gasteiger partial charge in [-0.3, -0.25) is 5.32 Å². The number of rotatable bonds is 4. The third-order valence-corrected chi connectivity index (χ3v) is 3.16. The summed E-state index contributed by atoms with van der Waals surface area (Å²) in [5, 5.41) is 6.02. The largest absolute Gasteiger partial charge is 0.497 e. The van der Waals surface area contributed by atoms with Crippen LogP contribution in [-0.4, -0.2) is 32.4 Å². The molecule has 1 aromatic rings. The molecule has 1 aliphatic heterocycles. The van der Waals surface area contributed by atoms with E-state index in [4.69, 9.17) is 9.47 Å². The standard InChI is InChI=1S/C14H20N2O3/c1-18-13-7-5-11(6-8-13)16-14(17)19-10-12-4-2-3-9-15-12/h5-8,12,15H,2-4,9-10H2,1H3,(H,16,17). The predicted octanol–water partition coefficient (Wildman–Crippen LogP) is 2.39. The molecule has 1 heterocycles. The van der Waals surface area contributed by atoms with Gasteiger partial charge in [-0.1, -0.05) is 6.42 Å². The molecule has 1 unspecified atom stereocenters. The number of ether oxygens (including phenoxy) is 2. The molecule has 104 valence electrons. The Kier molecular flexibility index (Phi) is 5.03. The Bertz CT molecular complexity index is 400. The number of piperidine rings is 1. The van der Waals surface area contributed by atoms with Crippen LogP contribution in [0, 0.1) is 0 Å². The number of carbonyl (C=O) groups excluding carboxylic acids is 1. The number of amides is 1. The average molecular weight is 264 g/mol. The molecule has 0 radical (unpaired) electrons. The van der Waals surface area contributed by atoms with Gasteiger partial charge in [-0.05, 0) is 43.7 Å². The molecule has 1 atom stereocenters. The van der Waals surface area contributed by atoms with Crippen LogP contribution in [0.3, 0.4) is 0 Å². The van der Waals surface area contributed by atoms with E-state index in [-0.39, 0.29) is 6.04 Å². The lowest BCUT2D eigenvalue weighted by Gasteiger charge is -2.22. The zero-order valence-electron chi connectivity index (χ0n) is 11.1. The topological polar surface area (TPSA) is 59.6 Å². The summed E-state index contributed by atoms with van der Waals surface area (Å²) in [6.45, 7) is 1.43. The van der Waals surface area contributed by atoms with Crippen molar-refractivity contribution in [2.75, 3.05) is 25.6 Å².